The topological polar surface area (TPSA) is 0 Å². The summed E-state index contributed by atoms with van der Waals surface area (Å²) in [5.74, 6) is -4.29. The Morgan fingerprint density at radius 3 is 1.00 bits per heavy atom. The normalized spacial score (nSPS) is 15.3. The molecule has 0 aromatic rings. The third-order valence-electron chi connectivity index (χ3n) is 0.712. The van der Waals surface area contributed by atoms with Crippen LogP contribution in [0.3, 0.4) is 0 Å². The van der Waals surface area contributed by atoms with E-state index in [9.17, 15) is 17.6 Å². The summed E-state index contributed by atoms with van der Waals surface area (Å²) in [6.45, 7) is 0. The minimum atomic E-state index is -4.29. The van der Waals surface area contributed by atoms with Gasteiger partial charge in [0.2, 0.25) is 2.14 Å². The third-order valence-corrected chi connectivity index (χ3v) is 2.70. The Morgan fingerprint density at radius 1 is 0.727 bits per heavy atom. The lowest BCUT2D eigenvalue weighted by Crippen LogP contribution is -2.45. The summed E-state index contributed by atoms with van der Waals surface area (Å²) in [5, 5.41) is 0. The van der Waals surface area contributed by atoms with E-state index in [4.69, 9.17) is 0 Å². The number of rotatable bonds is 1. The molecule has 0 aromatic heterocycles. The van der Waals surface area contributed by atoms with Crippen molar-refractivity contribution < 1.29 is 17.6 Å². The molecule has 8 heteroatoms. The van der Waals surface area contributed by atoms with Crippen LogP contribution in [0.5, 0.6) is 0 Å². The molecule has 11 heavy (non-hydrogen) atoms. The van der Waals surface area contributed by atoms with E-state index >= 15 is 0 Å². The second-order valence-corrected chi connectivity index (χ2v) is 9.33. The average molecular weight is 432 g/mol. The van der Waals surface area contributed by atoms with Gasteiger partial charge >= 0.3 is 10.8 Å². The lowest BCUT2D eigenvalue weighted by molar-refractivity contribution is -0.136. The maximum Gasteiger partial charge on any atom is 0.366 e. The van der Waals surface area contributed by atoms with E-state index in [0.717, 1.165) is 0 Å². The molecule has 0 radical (unpaired) electrons. The summed E-state index contributed by atoms with van der Waals surface area (Å²) in [7, 11) is 0. The number of alkyl halides is 8. The van der Waals surface area contributed by atoms with Crippen molar-refractivity contribution in [2.75, 3.05) is 0 Å². The van der Waals surface area contributed by atoms with Crippen molar-refractivity contribution in [1.82, 2.24) is 0 Å². The van der Waals surface area contributed by atoms with Crippen molar-refractivity contribution in [3.8, 4) is 0 Å². The van der Waals surface area contributed by atoms with Crippen LogP contribution in [0.25, 0.3) is 0 Å². The summed E-state index contributed by atoms with van der Waals surface area (Å²) >= 11 is 8.49. The highest BCUT2D eigenvalue weighted by atomic mass is 80.0. The highest BCUT2D eigenvalue weighted by Crippen LogP contribution is 2.56. The van der Waals surface area contributed by atoms with Gasteiger partial charge in [-0.15, -0.1) is 0 Å². The minimum absolute atomic E-state index is 1.56. The summed E-state index contributed by atoms with van der Waals surface area (Å²) in [6.07, 6.45) is 0. The van der Waals surface area contributed by atoms with Gasteiger partial charge in [-0.2, -0.15) is 17.6 Å². The second kappa shape index (κ2) is 3.42. The van der Waals surface area contributed by atoms with Crippen LogP contribution in [0.2, 0.25) is 0 Å². The van der Waals surface area contributed by atoms with Crippen molar-refractivity contribution in [1.29, 1.82) is 0 Å². The van der Waals surface area contributed by atoms with Crippen LogP contribution in [0.4, 0.5) is 17.6 Å². The highest BCUT2D eigenvalue weighted by molar-refractivity contribution is 9.39. The van der Waals surface area contributed by atoms with Gasteiger partial charge in [-0.05, 0) is 15.9 Å². The molecule has 0 fully saturated rings. The molecule has 0 spiro atoms. The summed E-state index contributed by atoms with van der Waals surface area (Å²) in [6, 6.07) is 0. The molecule has 0 aliphatic carbocycles. The number of halogens is 8. The van der Waals surface area contributed by atoms with Crippen LogP contribution >= 0.6 is 63.7 Å². The standard InChI is InChI=1S/C3Br4F4/c4-2(5,6)1(8,9)3(7,10)11. The quantitative estimate of drug-likeness (QED) is 0.425. The van der Waals surface area contributed by atoms with Crippen LogP contribution < -0.4 is 0 Å². The van der Waals surface area contributed by atoms with Crippen LogP contribution in [-0.2, 0) is 0 Å². The fourth-order valence-electron chi connectivity index (χ4n) is 0.161. The predicted molar refractivity (Wildman–Crippen MR) is 48.3 cm³/mol. The van der Waals surface area contributed by atoms with Crippen LogP contribution in [0.1, 0.15) is 0 Å². The first-order valence-corrected chi connectivity index (χ1v) is 5.18. The van der Waals surface area contributed by atoms with Crippen molar-refractivity contribution in [3.05, 3.63) is 0 Å². The number of hydrogen-bond donors (Lipinski definition) is 0. The molecule has 68 valence electrons. The molecular formula is C3Br4F4. The van der Waals surface area contributed by atoms with Gasteiger partial charge in [-0.1, -0.05) is 47.8 Å². The van der Waals surface area contributed by atoms with Gasteiger partial charge in [-0.3, -0.25) is 0 Å². The molecule has 0 heterocycles. The van der Waals surface area contributed by atoms with E-state index in [1.807, 2.05) is 0 Å². The van der Waals surface area contributed by atoms with Gasteiger partial charge in [0, 0.05) is 0 Å². The zero-order valence-electron chi connectivity index (χ0n) is 4.52. The Bertz CT molecular complexity index is 128. The van der Waals surface area contributed by atoms with E-state index in [-0.39, 0.29) is 0 Å². The molecule has 0 N–H and O–H groups in total. The lowest BCUT2D eigenvalue weighted by atomic mass is 10.4. The fraction of sp³-hybridized carbons (Fsp3) is 1.00. The maximum atomic E-state index is 12.5. The fourth-order valence-corrected chi connectivity index (χ4v) is 2.00. The summed E-state index contributed by atoms with van der Waals surface area (Å²) < 4.78 is 46.8. The minimum Gasteiger partial charge on any atom is -0.195 e. The maximum absolute atomic E-state index is 12.5. The first-order valence-electron chi connectivity index (χ1n) is 2.01. The molecule has 0 nitrogen and oxygen atoms in total. The van der Waals surface area contributed by atoms with E-state index in [0.29, 0.717) is 0 Å². The molecule has 0 unspecified atom stereocenters. The van der Waals surface area contributed by atoms with Gasteiger partial charge in [-0.25, -0.2) is 0 Å². The molecule has 0 amide bonds. The predicted octanol–water partition coefficient (Wildman–Crippen LogP) is 4.45. The molecule has 0 aromatic carbocycles. The SMILES string of the molecule is FC(F)(Br)C(F)(F)C(Br)(Br)Br. The van der Waals surface area contributed by atoms with Crippen LogP contribution in [-0.4, -0.2) is 12.9 Å². The zero-order chi connectivity index (χ0) is 9.50. The largest absolute Gasteiger partial charge is 0.366 e. The van der Waals surface area contributed by atoms with Gasteiger partial charge in [0.15, 0.2) is 0 Å². The number of hydrogen-bond acceptors (Lipinski definition) is 0. The Hall–Kier alpha value is 1.64. The van der Waals surface area contributed by atoms with Crippen molar-refractivity contribution in [3.63, 3.8) is 0 Å². The van der Waals surface area contributed by atoms with Gasteiger partial charge in [0.1, 0.15) is 0 Å². The van der Waals surface area contributed by atoms with Crippen molar-refractivity contribution in [2.45, 2.75) is 12.9 Å². The molecule has 0 aliphatic heterocycles. The Morgan fingerprint density at radius 2 is 1.00 bits per heavy atom. The van der Waals surface area contributed by atoms with Crippen LogP contribution in [0.15, 0.2) is 0 Å². The molecule has 0 saturated carbocycles. The first-order chi connectivity index (χ1) is 4.50. The molecule has 0 bridgehead atoms. The van der Waals surface area contributed by atoms with Gasteiger partial charge < -0.3 is 0 Å². The highest BCUT2D eigenvalue weighted by Gasteiger charge is 2.65. The zero-order valence-corrected chi connectivity index (χ0v) is 10.9. The summed E-state index contributed by atoms with van der Waals surface area (Å²) in [5.41, 5.74) is 0. The molecular weight excluding hydrogens is 432 g/mol. The van der Waals surface area contributed by atoms with E-state index < -0.39 is 12.9 Å². The molecule has 0 aliphatic rings. The third kappa shape index (κ3) is 2.80. The Kier molecular flexibility index (Phi) is 3.93. The van der Waals surface area contributed by atoms with Crippen LogP contribution in [0, 0.1) is 0 Å². The monoisotopic (exact) mass is 428 g/mol. The summed E-state index contributed by atoms with van der Waals surface area (Å²) in [4.78, 5) is -4.28. The lowest BCUT2D eigenvalue weighted by Gasteiger charge is -2.28. The van der Waals surface area contributed by atoms with E-state index in [2.05, 4.69) is 47.8 Å². The van der Waals surface area contributed by atoms with Gasteiger partial charge in [0.05, 0.1) is 0 Å². The molecule has 0 saturated heterocycles. The van der Waals surface area contributed by atoms with E-state index in [1.165, 1.54) is 0 Å². The Balaban J connectivity index is 4.75. The van der Waals surface area contributed by atoms with Gasteiger partial charge in [0.25, 0.3) is 0 Å². The average Bonchev–Trinajstić information content (AvgIpc) is 1.58. The first kappa shape index (κ1) is 12.6. The Labute approximate surface area is 93.6 Å². The second-order valence-electron chi connectivity index (χ2n) is 1.57. The van der Waals surface area contributed by atoms with Crippen molar-refractivity contribution in [2.24, 2.45) is 0 Å². The molecule has 0 rings (SSSR count). The smallest absolute Gasteiger partial charge is 0.195 e. The van der Waals surface area contributed by atoms with E-state index in [1.54, 1.807) is 15.9 Å². The molecule has 0 atom stereocenters. The van der Waals surface area contributed by atoms with Crippen molar-refractivity contribution >= 4 is 63.7 Å².